The number of allylic oxidation sites excluding steroid dienone is 5. The Hall–Kier alpha value is -1.59. The van der Waals surface area contributed by atoms with Crippen molar-refractivity contribution < 1.29 is 39.8 Å². The SMILES string of the molecule is CCCCCCCCC/C=C/CC/C=C/C(O)C(COC1OC(CO)C(O)C(O)C1O)NC(=O)CCCCCCCCC/C=C\CCCCCCCCCCCC. The number of rotatable bonds is 39. The molecule has 0 aromatic heterocycles. The van der Waals surface area contributed by atoms with Gasteiger partial charge in [-0.1, -0.05) is 179 Å². The fourth-order valence-electron chi connectivity index (χ4n) is 7.34. The van der Waals surface area contributed by atoms with Crippen molar-refractivity contribution in [2.24, 2.45) is 0 Å². The summed E-state index contributed by atoms with van der Waals surface area (Å²) in [6, 6.07) is -0.821. The van der Waals surface area contributed by atoms with Crippen LogP contribution in [-0.2, 0) is 14.3 Å². The van der Waals surface area contributed by atoms with E-state index in [-0.39, 0.29) is 12.5 Å². The summed E-state index contributed by atoms with van der Waals surface area (Å²) < 4.78 is 11.2. The quantitative estimate of drug-likeness (QED) is 0.0266. The van der Waals surface area contributed by atoms with Crippen molar-refractivity contribution in [3.05, 3.63) is 36.5 Å². The van der Waals surface area contributed by atoms with E-state index in [1.807, 2.05) is 6.08 Å². The summed E-state index contributed by atoms with van der Waals surface area (Å²) in [7, 11) is 0. The topological polar surface area (TPSA) is 149 Å². The molecular weight excluding hydrogens is 719 g/mol. The maximum absolute atomic E-state index is 13.0. The number of ether oxygens (including phenoxy) is 2. The van der Waals surface area contributed by atoms with Crippen LogP contribution in [0.5, 0.6) is 0 Å². The first-order valence-electron chi connectivity index (χ1n) is 23.7. The Bertz CT molecular complexity index is 987. The van der Waals surface area contributed by atoms with Crippen molar-refractivity contribution >= 4 is 5.91 Å². The Labute approximate surface area is 349 Å². The molecule has 7 unspecified atom stereocenters. The maximum atomic E-state index is 13.0. The van der Waals surface area contributed by atoms with E-state index >= 15 is 0 Å². The average molecular weight is 808 g/mol. The van der Waals surface area contributed by atoms with E-state index in [9.17, 15) is 30.3 Å². The Morgan fingerprint density at radius 3 is 1.47 bits per heavy atom. The normalized spacial score (nSPS) is 21.3. The largest absolute Gasteiger partial charge is 0.394 e. The van der Waals surface area contributed by atoms with Gasteiger partial charge in [-0.25, -0.2) is 0 Å². The number of amides is 1. The summed E-state index contributed by atoms with van der Waals surface area (Å²) in [5.41, 5.74) is 0. The first-order valence-corrected chi connectivity index (χ1v) is 23.7. The summed E-state index contributed by atoms with van der Waals surface area (Å²) in [5, 5.41) is 54.1. The minimum absolute atomic E-state index is 0.192. The molecule has 0 bridgehead atoms. The molecule has 0 aromatic carbocycles. The maximum Gasteiger partial charge on any atom is 0.220 e. The first kappa shape index (κ1) is 53.4. The van der Waals surface area contributed by atoms with Crippen LogP contribution in [0.1, 0.15) is 206 Å². The number of carbonyl (C=O) groups excluding carboxylic acids is 1. The first-order chi connectivity index (χ1) is 27.8. The van der Waals surface area contributed by atoms with Crippen molar-refractivity contribution in [2.45, 2.75) is 249 Å². The van der Waals surface area contributed by atoms with Crippen LogP contribution in [0, 0.1) is 0 Å². The third-order valence-electron chi connectivity index (χ3n) is 11.2. The molecular formula is C48H89NO8. The highest BCUT2D eigenvalue weighted by Gasteiger charge is 2.44. The second kappa shape index (κ2) is 38.6. The predicted octanol–water partition coefficient (Wildman–Crippen LogP) is 10.1. The van der Waals surface area contributed by atoms with Crippen LogP contribution in [0.4, 0.5) is 0 Å². The summed E-state index contributed by atoms with van der Waals surface area (Å²) in [5.74, 6) is -0.192. The lowest BCUT2D eigenvalue weighted by atomic mass is 9.99. The van der Waals surface area contributed by atoms with Gasteiger partial charge in [0.2, 0.25) is 5.91 Å². The Morgan fingerprint density at radius 1 is 0.579 bits per heavy atom. The van der Waals surface area contributed by atoms with Gasteiger partial charge in [-0.3, -0.25) is 4.79 Å². The van der Waals surface area contributed by atoms with Crippen LogP contribution in [0.25, 0.3) is 0 Å². The van der Waals surface area contributed by atoms with Gasteiger partial charge in [0.05, 0.1) is 25.4 Å². The van der Waals surface area contributed by atoms with Gasteiger partial charge >= 0.3 is 0 Å². The molecule has 1 fully saturated rings. The molecule has 9 nitrogen and oxygen atoms in total. The van der Waals surface area contributed by atoms with Gasteiger partial charge in [-0.15, -0.1) is 0 Å². The molecule has 7 atom stereocenters. The molecule has 1 aliphatic rings. The second-order valence-electron chi connectivity index (χ2n) is 16.5. The van der Waals surface area contributed by atoms with Crippen molar-refractivity contribution in [1.82, 2.24) is 5.32 Å². The zero-order chi connectivity index (χ0) is 41.6. The number of aliphatic hydroxyl groups is 5. The van der Waals surface area contributed by atoms with Gasteiger partial charge in [-0.2, -0.15) is 0 Å². The average Bonchev–Trinajstić information content (AvgIpc) is 3.21. The van der Waals surface area contributed by atoms with Gasteiger partial charge in [0.15, 0.2) is 6.29 Å². The predicted molar refractivity (Wildman–Crippen MR) is 235 cm³/mol. The number of nitrogens with one attached hydrogen (secondary N) is 1. The van der Waals surface area contributed by atoms with E-state index in [1.54, 1.807) is 6.08 Å². The molecule has 1 heterocycles. The van der Waals surface area contributed by atoms with Gasteiger partial charge < -0.3 is 40.3 Å². The molecule has 0 saturated carbocycles. The third kappa shape index (κ3) is 29.3. The fraction of sp³-hybridized carbons (Fsp3) is 0.854. The lowest BCUT2D eigenvalue weighted by Gasteiger charge is -2.40. The van der Waals surface area contributed by atoms with Crippen LogP contribution in [0.3, 0.4) is 0 Å². The Balaban J connectivity index is 2.33. The monoisotopic (exact) mass is 808 g/mol. The summed E-state index contributed by atoms with van der Waals surface area (Å²) in [6.45, 7) is 3.74. The summed E-state index contributed by atoms with van der Waals surface area (Å²) in [6.07, 6.45) is 40.5. The van der Waals surface area contributed by atoms with E-state index < -0.39 is 49.5 Å². The molecule has 334 valence electrons. The van der Waals surface area contributed by atoms with Crippen molar-refractivity contribution in [3.63, 3.8) is 0 Å². The highest BCUT2D eigenvalue weighted by atomic mass is 16.7. The van der Waals surface area contributed by atoms with Crippen LogP contribution < -0.4 is 5.32 Å². The molecule has 1 aliphatic heterocycles. The van der Waals surface area contributed by atoms with E-state index in [0.29, 0.717) is 6.42 Å². The number of hydrogen-bond acceptors (Lipinski definition) is 8. The van der Waals surface area contributed by atoms with E-state index in [1.165, 1.54) is 135 Å². The number of carbonyl (C=O) groups is 1. The van der Waals surface area contributed by atoms with E-state index in [4.69, 9.17) is 9.47 Å². The Morgan fingerprint density at radius 2 is 1.00 bits per heavy atom. The molecule has 1 saturated heterocycles. The molecule has 0 aliphatic carbocycles. The number of unbranched alkanes of at least 4 members (excludes halogenated alkanes) is 25. The van der Waals surface area contributed by atoms with Crippen molar-refractivity contribution in [3.8, 4) is 0 Å². The lowest BCUT2D eigenvalue weighted by molar-refractivity contribution is -0.302. The van der Waals surface area contributed by atoms with Crippen LogP contribution in [-0.4, -0.2) is 87.5 Å². The molecule has 0 aromatic rings. The van der Waals surface area contributed by atoms with E-state index in [0.717, 1.165) is 51.4 Å². The zero-order valence-corrected chi connectivity index (χ0v) is 36.6. The van der Waals surface area contributed by atoms with Crippen molar-refractivity contribution in [2.75, 3.05) is 13.2 Å². The minimum atomic E-state index is -1.57. The zero-order valence-electron chi connectivity index (χ0n) is 36.6. The molecule has 1 rings (SSSR count). The van der Waals surface area contributed by atoms with Crippen LogP contribution in [0.2, 0.25) is 0 Å². The highest BCUT2D eigenvalue weighted by Crippen LogP contribution is 2.22. The van der Waals surface area contributed by atoms with Crippen LogP contribution >= 0.6 is 0 Å². The van der Waals surface area contributed by atoms with Gasteiger partial charge in [0.1, 0.15) is 24.4 Å². The molecule has 6 N–H and O–H groups in total. The fourth-order valence-corrected chi connectivity index (χ4v) is 7.34. The van der Waals surface area contributed by atoms with Crippen molar-refractivity contribution in [1.29, 1.82) is 0 Å². The van der Waals surface area contributed by atoms with Crippen LogP contribution in [0.15, 0.2) is 36.5 Å². The summed E-state index contributed by atoms with van der Waals surface area (Å²) >= 11 is 0. The smallest absolute Gasteiger partial charge is 0.220 e. The highest BCUT2D eigenvalue weighted by molar-refractivity contribution is 5.76. The minimum Gasteiger partial charge on any atom is -0.394 e. The lowest BCUT2D eigenvalue weighted by Crippen LogP contribution is -2.60. The van der Waals surface area contributed by atoms with E-state index in [2.05, 4.69) is 43.5 Å². The van der Waals surface area contributed by atoms with Gasteiger partial charge in [0.25, 0.3) is 0 Å². The number of hydrogen-bond donors (Lipinski definition) is 6. The van der Waals surface area contributed by atoms with Gasteiger partial charge in [0, 0.05) is 6.42 Å². The standard InChI is InChI=1S/C48H89NO8/c1-3-5-7-9-11-13-15-17-18-19-20-21-22-23-24-26-28-30-32-34-36-38-44(52)49-41(40-56-48-47(55)46(54)45(53)43(39-50)57-48)42(51)37-35-33-31-29-27-25-16-14-12-10-8-6-4-2/h21-22,27,29,35,37,41-43,45-48,50-51,53-55H,3-20,23-26,28,30-34,36,38-40H2,1-2H3,(H,49,52)/b22-21-,29-27+,37-35+. The second-order valence-corrected chi connectivity index (χ2v) is 16.5. The summed E-state index contributed by atoms with van der Waals surface area (Å²) in [4.78, 5) is 13.0. The Kier molecular flexibility index (Phi) is 36.2. The van der Waals surface area contributed by atoms with Gasteiger partial charge in [-0.05, 0) is 57.8 Å². The molecule has 9 heteroatoms. The third-order valence-corrected chi connectivity index (χ3v) is 11.2. The molecule has 57 heavy (non-hydrogen) atoms. The molecule has 1 amide bonds. The number of aliphatic hydroxyl groups excluding tert-OH is 5. The molecule has 0 spiro atoms. The molecule has 0 radical (unpaired) electrons.